The second-order valence-corrected chi connectivity index (χ2v) is 4.02. The highest BCUT2D eigenvalue weighted by Crippen LogP contribution is 2.19. The van der Waals surface area contributed by atoms with E-state index in [9.17, 15) is 9.59 Å². The van der Waals surface area contributed by atoms with Crippen LogP contribution in [0.1, 0.15) is 0 Å². The lowest BCUT2D eigenvalue weighted by Crippen LogP contribution is -2.11. The lowest BCUT2D eigenvalue weighted by atomic mass is 10.2. The van der Waals surface area contributed by atoms with Crippen molar-refractivity contribution in [3.63, 3.8) is 0 Å². The van der Waals surface area contributed by atoms with Gasteiger partial charge in [-0.1, -0.05) is 0 Å². The lowest BCUT2D eigenvalue weighted by Gasteiger charge is -1.97. The highest BCUT2D eigenvalue weighted by atomic mass is 79.9. The number of rotatable bonds is 0. The molecule has 5 nitrogen and oxygen atoms in total. The molecule has 0 aromatic carbocycles. The SMILES string of the molecule is O=c1oc(=O)c2cc(Br)cn3ncc1c23. The van der Waals surface area contributed by atoms with Gasteiger partial charge in [0, 0.05) is 10.7 Å². The fourth-order valence-electron chi connectivity index (χ4n) is 1.59. The van der Waals surface area contributed by atoms with Crippen LogP contribution >= 0.6 is 15.9 Å². The van der Waals surface area contributed by atoms with Gasteiger partial charge in [0.1, 0.15) is 5.39 Å². The van der Waals surface area contributed by atoms with Crippen LogP contribution in [0.2, 0.25) is 0 Å². The van der Waals surface area contributed by atoms with E-state index in [0.717, 1.165) is 0 Å². The van der Waals surface area contributed by atoms with E-state index in [1.165, 1.54) is 10.7 Å². The summed E-state index contributed by atoms with van der Waals surface area (Å²) in [4.78, 5) is 22.7. The molecular weight excluding hydrogens is 264 g/mol. The highest BCUT2D eigenvalue weighted by Gasteiger charge is 2.13. The topological polar surface area (TPSA) is 64.6 Å². The predicted octanol–water partition coefficient (Wildman–Crippen LogP) is 1.00. The van der Waals surface area contributed by atoms with Crippen molar-refractivity contribution in [2.24, 2.45) is 0 Å². The molecule has 0 aliphatic carbocycles. The Morgan fingerprint density at radius 1 is 1.27 bits per heavy atom. The number of aromatic nitrogens is 2. The van der Waals surface area contributed by atoms with E-state index >= 15 is 0 Å². The molecule has 0 amide bonds. The van der Waals surface area contributed by atoms with Gasteiger partial charge in [-0.25, -0.2) is 14.1 Å². The van der Waals surface area contributed by atoms with Crippen LogP contribution in [0.5, 0.6) is 0 Å². The van der Waals surface area contributed by atoms with Crippen molar-refractivity contribution in [3.8, 4) is 0 Å². The first-order chi connectivity index (χ1) is 7.16. The molecule has 0 aliphatic rings. The van der Waals surface area contributed by atoms with E-state index in [-0.39, 0.29) is 0 Å². The van der Waals surface area contributed by atoms with Gasteiger partial charge in [-0.2, -0.15) is 5.10 Å². The van der Waals surface area contributed by atoms with Crippen molar-refractivity contribution in [1.29, 1.82) is 0 Å². The molecule has 3 heterocycles. The summed E-state index contributed by atoms with van der Waals surface area (Å²) < 4.78 is 6.74. The average Bonchev–Trinajstić information content (AvgIpc) is 2.58. The molecular formula is C9H3BrN2O3. The van der Waals surface area contributed by atoms with E-state index in [4.69, 9.17) is 0 Å². The minimum absolute atomic E-state index is 0.317. The summed E-state index contributed by atoms with van der Waals surface area (Å²) in [6, 6.07) is 1.61. The van der Waals surface area contributed by atoms with Crippen molar-refractivity contribution in [1.82, 2.24) is 9.61 Å². The molecule has 0 atom stereocenters. The summed E-state index contributed by atoms with van der Waals surface area (Å²) in [5, 5.41) is 4.63. The Labute approximate surface area is 90.4 Å². The molecule has 6 heteroatoms. The van der Waals surface area contributed by atoms with Gasteiger partial charge in [-0.05, 0) is 22.0 Å². The maximum atomic E-state index is 11.4. The minimum atomic E-state index is -0.648. The van der Waals surface area contributed by atoms with Gasteiger partial charge < -0.3 is 4.42 Å². The first kappa shape index (κ1) is 8.60. The lowest BCUT2D eigenvalue weighted by molar-refractivity contribution is 0.488. The first-order valence-corrected chi connectivity index (χ1v) is 4.89. The normalized spacial score (nSPS) is 11.5. The van der Waals surface area contributed by atoms with Gasteiger partial charge in [0.2, 0.25) is 0 Å². The summed E-state index contributed by atoms with van der Waals surface area (Å²) in [7, 11) is 0. The van der Waals surface area contributed by atoms with E-state index < -0.39 is 11.3 Å². The van der Waals surface area contributed by atoms with Crippen molar-refractivity contribution < 1.29 is 4.42 Å². The second-order valence-electron chi connectivity index (χ2n) is 3.10. The quantitative estimate of drug-likeness (QED) is 0.609. The average molecular weight is 267 g/mol. The molecule has 15 heavy (non-hydrogen) atoms. The maximum Gasteiger partial charge on any atom is 0.349 e. The molecule has 3 aromatic rings. The van der Waals surface area contributed by atoms with Crippen LogP contribution in [-0.2, 0) is 0 Å². The molecule has 0 saturated heterocycles. The van der Waals surface area contributed by atoms with E-state index in [0.29, 0.717) is 20.8 Å². The number of hydrogen-bond acceptors (Lipinski definition) is 4. The summed E-state index contributed by atoms with van der Waals surface area (Å²) >= 11 is 3.25. The monoisotopic (exact) mass is 266 g/mol. The molecule has 0 N–H and O–H groups in total. The van der Waals surface area contributed by atoms with Crippen LogP contribution in [0.4, 0.5) is 0 Å². The molecule has 3 aromatic heterocycles. The predicted molar refractivity (Wildman–Crippen MR) is 56.4 cm³/mol. The Morgan fingerprint density at radius 2 is 2.00 bits per heavy atom. The second kappa shape index (κ2) is 2.66. The fraction of sp³-hybridized carbons (Fsp3) is 0. The van der Waals surface area contributed by atoms with E-state index in [1.807, 2.05) is 0 Å². The van der Waals surface area contributed by atoms with Crippen LogP contribution in [0.3, 0.4) is 0 Å². The van der Waals surface area contributed by atoms with Gasteiger partial charge in [0.15, 0.2) is 0 Å². The number of hydrogen-bond donors (Lipinski definition) is 0. The van der Waals surface area contributed by atoms with Gasteiger partial charge >= 0.3 is 11.3 Å². The largest absolute Gasteiger partial charge is 0.386 e. The minimum Gasteiger partial charge on any atom is -0.386 e. The summed E-state index contributed by atoms with van der Waals surface area (Å²) in [5.74, 6) is 0. The van der Waals surface area contributed by atoms with Gasteiger partial charge in [0.25, 0.3) is 0 Å². The van der Waals surface area contributed by atoms with E-state index in [2.05, 4.69) is 25.4 Å². The molecule has 3 rings (SSSR count). The number of pyridine rings is 1. The highest BCUT2D eigenvalue weighted by molar-refractivity contribution is 9.10. The van der Waals surface area contributed by atoms with Crippen LogP contribution < -0.4 is 11.3 Å². The third kappa shape index (κ3) is 1.05. The van der Waals surface area contributed by atoms with Crippen molar-refractivity contribution in [2.45, 2.75) is 0 Å². The summed E-state index contributed by atoms with van der Waals surface area (Å²) in [6.07, 6.45) is 3.06. The van der Waals surface area contributed by atoms with Gasteiger partial charge in [-0.15, -0.1) is 0 Å². The Balaban J connectivity index is 2.82. The summed E-state index contributed by atoms with van der Waals surface area (Å²) in [5.41, 5.74) is -0.788. The number of halogens is 1. The molecule has 0 spiro atoms. The van der Waals surface area contributed by atoms with Gasteiger partial charge in [0.05, 0.1) is 17.1 Å². The maximum absolute atomic E-state index is 11.4. The van der Waals surface area contributed by atoms with Crippen LogP contribution in [0.15, 0.2) is 36.9 Å². The van der Waals surface area contributed by atoms with Crippen LogP contribution in [0, 0.1) is 0 Å². The summed E-state index contributed by atoms with van der Waals surface area (Å²) in [6.45, 7) is 0. The zero-order chi connectivity index (χ0) is 10.6. The zero-order valence-corrected chi connectivity index (χ0v) is 8.82. The Kier molecular flexibility index (Phi) is 1.53. The Morgan fingerprint density at radius 3 is 2.80 bits per heavy atom. The molecule has 0 radical (unpaired) electrons. The fourth-order valence-corrected chi connectivity index (χ4v) is 2.01. The van der Waals surface area contributed by atoms with Crippen molar-refractivity contribution in [2.75, 3.05) is 0 Å². The third-order valence-corrected chi connectivity index (χ3v) is 2.64. The zero-order valence-electron chi connectivity index (χ0n) is 7.23. The third-order valence-electron chi connectivity index (χ3n) is 2.20. The van der Waals surface area contributed by atoms with E-state index in [1.54, 1.807) is 12.3 Å². The molecule has 0 saturated carbocycles. The molecule has 0 bridgehead atoms. The first-order valence-electron chi connectivity index (χ1n) is 4.10. The Hall–Kier alpha value is -1.69. The van der Waals surface area contributed by atoms with Crippen LogP contribution in [0.25, 0.3) is 16.3 Å². The van der Waals surface area contributed by atoms with Crippen molar-refractivity contribution in [3.05, 3.63) is 43.8 Å². The number of nitrogens with zero attached hydrogens (tertiary/aromatic N) is 2. The van der Waals surface area contributed by atoms with Crippen LogP contribution in [-0.4, -0.2) is 9.61 Å². The van der Waals surface area contributed by atoms with Gasteiger partial charge in [-0.3, -0.25) is 0 Å². The molecule has 0 aliphatic heterocycles. The van der Waals surface area contributed by atoms with Crippen molar-refractivity contribution >= 4 is 32.2 Å². The standard InChI is InChI=1S/C9H3BrN2O3/c10-4-1-5-7-6(2-11-12(7)3-4)9(14)15-8(5)13/h1-3H. The molecule has 0 unspecified atom stereocenters. The molecule has 74 valence electrons. The Bertz CT molecular complexity index is 774. The smallest absolute Gasteiger partial charge is 0.349 e. The molecule has 0 fully saturated rings.